The SMILES string of the molecule is [2H]c1c([2H])c(-c2c3ccccc3c(-c3cc(-c4ccccc4)cc4c3C(C)(C)CCC4(C)C)c3c([2H])c([2H])c([2H])c([2H])c23)c([2H])c([2H])c1-c1cccc2ccccc12. The van der Waals surface area contributed by atoms with Gasteiger partial charge in [0.15, 0.2) is 0 Å². The minimum atomic E-state index is -0.427. The van der Waals surface area contributed by atoms with Gasteiger partial charge in [-0.25, -0.2) is 0 Å². The van der Waals surface area contributed by atoms with E-state index in [2.05, 4.69) is 52.0 Å². The molecule has 0 amide bonds. The molecule has 0 heterocycles. The first kappa shape index (κ1) is 23.0. The molecule has 1 aliphatic rings. The quantitative estimate of drug-likeness (QED) is 0.166. The van der Waals surface area contributed by atoms with Crippen LogP contribution in [0.3, 0.4) is 0 Å². The van der Waals surface area contributed by atoms with E-state index in [0.29, 0.717) is 27.3 Å². The van der Waals surface area contributed by atoms with Gasteiger partial charge < -0.3 is 0 Å². The van der Waals surface area contributed by atoms with E-state index in [9.17, 15) is 8.22 Å². The normalized spacial score (nSPS) is 17.2. The lowest BCUT2D eigenvalue weighted by atomic mass is 9.60. The van der Waals surface area contributed by atoms with Crippen molar-refractivity contribution in [3.63, 3.8) is 0 Å². The van der Waals surface area contributed by atoms with Gasteiger partial charge in [0.25, 0.3) is 0 Å². The van der Waals surface area contributed by atoms with Crippen LogP contribution in [0.25, 0.3) is 76.8 Å². The molecule has 0 unspecified atom stereocenters. The average Bonchev–Trinajstić information content (AvgIpc) is 3.23. The molecule has 0 spiro atoms. The molecule has 242 valence electrons. The van der Waals surface area contributed by atoms with Crippen LogP contribution in [-0.4, -0.2) is 0 Å². The molecule has 0 bridgehead atoms. The minimum absolute atomic E-state index is 0.00158. The van der Waals surface area contributed by atoms with Gasteiger partial charge in [-0.15, -0.1) is 0 Å². The fraction of sp³-hybridized carbons (Fsp3) is 0.160. The molecule has 50 heavy (non-hydrogen) atoms. The zero-order valence-corrected chi connectivity index (χ0v) is 28.8. The number of hydrogen-bond acceptors (Lipinski definition) is 0. The molecule has 0 heteroatoms. The topological polar surface area (TPSA) is 0 Å². The molecule has 1 aliphatic carbocycles. The Labute approximate surface area is 307 Å². The molecule has 8 aromatic carbocycles. The van der Waals surface area contributed by atoms with Crippen LogP contribution in [0.5, 0.6) is 0 Å². The summed E-state index contributed by atoms with van der Waals surface area (Å²) in [7, 11) is 0. The van der Waals surface area contributed by atoms with Crippen molar-refractivity contribution in [3.05, 3.63) is 169 Å². The molecule has 0 aromatic heterocycles. The number of rotatable bonds is 4. The summed E-state index contributed by atoms with van der Waals surface area (Å²) >= 11 is 0. The predicted octanol–water partition coefficient (Wildman–Crippen LogP) is 14.2. The van der Waals surface area contributed by atoms with E-state index in [0.717, 1.165) is 45.9 Å². The number of fused-ring (bicyclic) bond motifs is 4. The van der Waals surface area contributed by atoms with Crippen molar-refractivity contribution in [2.75, 3.05) is 0 Å². The molecule has 8 aromatic rings. The number of hydrogen-bond donors (Lipinski definition) is 0. The van der Waals surface area contributed by atoms with Gasteiger partial charge in [0.05, 0.1) is 11.0 Å². The molecular formula is C50H42. The Morgan fingerprint density at radius 1 is 0.440 bits per heavy atom. The largest absolute Gasteiger partial charge is 0.0629 e. The summed E-state index contributed by atoms with van der Waals surface area (Å²) < 4.78 is 75.3. The van der Waals surface area contributed by atoms with Crippen molar-refractivity contribution in [2.45, 2.75) is 51.4 Å². The summed E-state index contributed by atoms with van der Waals surface area (Å²) in [5.41, 5.74) is 6.49. The highest BCUT2D eigenvalue weighted by Gasteiger charge is 2.40. The molecule has 0 atom stereocenters. The van der Waals surface area contributed by atoms with Crippen LogP contribution < -0.4 is 0 Å². The lowest BCUT2D eigenvalue weighted by molar-refractivity contribution is 0.333. The fourth-order valence-electron chi connectivity index (χ4n) is 8.22. The first-order chi connectivity index (χ1) is 27.6. The summed E-state index contributed by atoms with van der Waals surface area (Å²) in [6, 6.07) is 33.3. The molecule has 0 radical (unpaired) electrons. The van der Waals surface area contributed by atoms with E-state index in [1.54, 1.807) is 0 Å². The van der Waals surface area contributed by atoms with Crippen LogP contribution in [0.1, 0.15) is 62.6 Å². The van der Waals surface area contributed by atoms with Crippen LogP contribution in [0.4, 0.5) is 0 Å². The smallest absolute Gasteiger partial charge is 0.0622 e. The highest BCUT2D eigenvalue weighted by Crippen LogP contribution is 2.53. The van der Waals surface area contributed by atoms with E-state index in [1.165, 1.54) is 5.56 Å². The van der Waals surface area contributed by atoms with E-state index >= 15 is 0 Å². The van der Waals surface area contributed by atoms with E-state index < -0.39 is 6.04 Å². The van der Waals surface area contributed by atoms with E-state index in [-0.39, 0.29) is 75.2 Å². The van der Waals surface area contributed by atoms with Crippen molar-refractivity contribution >= 4 is 32.3 Å². The third-order valence-corrected chi connectivity index (χ3v) is 10.9. The van der Waals surface area contributed by atoms with E-state index in [4.69, 9.17) is 2.74 Å². The maximum Gasteiger partial charge on any atom is 0.0629 e. The Hall–Kier alpha value is -5.46. The third kappa shape index (κ3) is 4.89. The van der Waals surface area contributed by atoms with Crippen molar-refractivity contribution in [1.82, 2.24) is 0 Å². The Bertz CT molecular complexity index is 3000. The van der Waals surface area contributed by atoms with Crippen LogP contribution in [0, 0.1) is 0 Å². The first-order valence-electron chi connectivity index (χ1n) is 21.4. The minimum Gasteiger partial charge on any atom is -0.0622 e. The standard InChI is InChI=1S/C50H42/c1-49(2)29-30-50(3,4)48-44(31-37(32-45(48)49)33-15-6-5-7-16-33)47-42-22-12-10-20-40(42)46(41-21-11-13-23-43(41)47)36-27-25-35(26-28-36)39-24-14-18-34-17-8-9-19-38(34)39/h5-28,31-32H,29-30H2,1-4H3/i10D,12D,20D,22D,25D,26D,27D,28D. The third-order valence-electron chi connectivity index (χ3n) is 10.9. The van der Waals surface area contributed by atoms with Gasteiger partial charge in [-0.05, 0) is 118 Å². The molecule has 0 N–H and O–H groups in total. The molecular weight excluding hydrogens is 601 g/mol. The fourth-order valence-corrected chi connectivity index (χ4v) is 8.22. The molecule has 0 saturated carbocycles. The summed E-state index contributed by atoms with van der Waals surface area (Å²) in [6.45, 7) is 9.05. The van der Waals surface area contributed by atoms with Crippen molar-refractivity contribution in [3.8, 4) is 44.5 Å². The van der Waals surface area contributed by atoms with Crippen molar-refractivity contribution < 1.29 is 11.0 Å². The maximum absolute atomic E-state index is 9.64. The lowest BCUT2D eigenvalue weighted by Crippen LogP contribution is -2.34. The zero-order chi connectivity index (χ0) is 41.0. The van der Waals surface area contributed by atoms with Crippen LogP contribution in [0.15, 0.2) is 158 Å². The first-order valence-corrected chi connectivity index (χ1v) is 17.4. The second-order valence-corrected chi connectivity index (χ2v) is 14.9. The maximum atomic E-state index is 9.64. The molecule has 0 aliphatic heterocycles. The van der Waals surface area contributed by atoms with Crippen LogP contribution in [-0.2, 0) is 10.8 Å². The van der Waals surface area contributed by atoms with E-state index in [1.807, 2.05) is 84.9 Å². The predicted molar refractivity (Wildman–Crippen MR) is 216 cm³/mol. The van der Waals surface area contributed by atoms with Crippen LogP contribution >= 0.6 is 0 Å². The van der Waals surface area contributed by atoms with Crippen molar-refractivity contribution in [1.29, 1.82) is 0 Å². The van der Waals surface area contributed by atoms with Gasteiger partial charge >= 0.3 is 0 Å². The Morgan fingerprint density at radius 2 is 1.02 bits per heavy atom. The Balaban J connectivity index is 1.48. The summed E-state index contributed by atoms with van der Waals surface area (Å²) in [6.07, 6.45) is 1.89. The van der Waals surface area contributed by atoms with Crippen LogP contribution in [0.2, 0.25) is 0 Å². The van der Waals surface area contributed by atoms with Gasteiger partial charge in [-0.3, -0.25) is 0 Å². The van der Waals surface area contributed by atoms with Gasteiger partial charge in [-0.2, -0.15) is 0 Å². The Morgan fingerprint density at radius 3 is 1.76 bits per heavy atom. The van der Waals surface area contributed by atoms with Gasteiger partial charge in [-0.1, -0.05) is 179 Å². The molecule has 0 fully saturated rings. The molecule has 0 saturated heterocycles. The monoisotopic (exact) mass is 650 g/mol. The average molecular weight is 651 g/mol. The van der Waals surface area contributed by atoms with Gasteiger partial charge in [0, 0.05) is 0 Å². The molecule has 9 rings (SSSR count). The summed E-state index contributed by atoms with van der Waals surface area (Å²) in [5.74, 6) is 0. The summed E-state index contributed by atoms with van der Waals surface area (Å²) in [5, 5.41) is 3.47. The number of benzene rings is 8. The van der Waals surface area contributed by atoms with Gasteiger partial charge in [0.2, 0.25) is 0 Å². The second kappa shape index (κ2) is 11.6. The van der Waals surface area contributed by atoms with Crippen molar-refractivity contribution in [2.24, 2.45) is 0 Å². The second-order valence-electron chi connectivity index (χ2n) is 14.9. The Kier molecular flexibility index (Phi) is 5.33. The summed E-state index contributed by atoms with van der Waals surface area (Å²) in [4.78, 5) is 0. The lowest BCUT2D eigenvalue weighted by Gasteiger charge is -2.43. The molecule has 0 nitrogen and oxygen atoms in total. The zero-order valence-electron chi connectivity index (χ0n) is 36.8. The van der Waals surface area contributed by atoms with Gasteiger partial charge in [0.1, 0.15) is 0 Å². The highest BCUT2D eigenvalue weighted by molar-refractivity contribution is 6.22. The highest BCUT2D eigenvalue weighted by atomic mass is 14.4.